The first kappa shape index (κ1) is 15.2. The number of hydrogen-bond acceptors (Lipinski definition) is 3. The van der Waals surface area contributed by atoms with Crippen LogP contribution >= 0.6 is 0 Å². The minimum Gasteiger partial charge on any atom is -0.496 e. The van der Waals surface area contributed by atoms with Gasteiger partial charge in [0, 0.05) is 33.9 Å². The van der Waals surface area contributed by atoms with Crippen molar-refractivity contribution in [3.05, 3.63) is 29.3 Å². The van der Waals surface area contributed by atoms with Crippen molar-refractivity contribution < 1.29 is 8.95 Å². The molecule has 2 atom stereocenters. The Morgan fingerprint density at radius 2 is 2.00 bits per heavy atom. The first-order valence-electron chi connectivity index (χ1n) is 6.22. The maximum atomic E-state index is 12.2. The summed E-state index contributed by atoms with van der Waals surface area (Å²) in [7, 11) is 0.786. The molecule has 0 aliphatic heterocycles. The molecule has 18 heavy (non-hydrogen) atoms. The average Bonchev–Trinajstić information content (AvgIpc) is 2.37. The van der Waals surface area contributed by atoms with Gasteiger partial charge in [0.05, 0.1) is 7.11 Å². The monoisotopic (exact) mass is 269 g/mol. The quantitative estimate of drug-likeness (QED) is 0.863. The molecule has 0 saturated carbocycles. The molecule has 2 unspecified atom stereocenters. The standard InChI is InChI=1S/C14H23NO2S/c1-10(2)11(3)18(16)9-12-5-6-14(17-4)13(7-12)8-15/h5-7,10-11H,8-9,15H2,1-4H3. The zero-order valence-corrected chi connectivity index (χ0v) is 12.4. The Kier molecular flexibility index (Phi) is 5.82. The third-order valence-electron chi connectivity index (χ3n) is 3.23. The Bertz CT molecular complexity index is 418. The van der Waals surface area contributed by atoms with Crippen molar-refractivity contribution >= 4 is 10.8 Å². The van der Waals surface area contributed by atoms with Crippen LogP contribution in [0.25, 0.3) is 0 Å². The molecule has 0 spiro atoms. The lowest BCUT2D eigenvalue weighted by molar-refractivity contribution is 0.409. The topological polar surface area (TPSA) is 52.3 Å². The first-order chi connectivity index (χ1) is 8.49. The molecule has 0 radical (unpaired) electrons. The van der Waals surface area contributed by atoms with Crippen molar-refractivity contribution in [2.75, 3.05) is 7.11 Å². The lowest BCUT2D eigenvalue weighted by atomic mass is 10.1. The molecule has 1 aromatic rings. The SMILES string of the molecule is COc1ccc(CS(=O)C(C)C(C)C)cc1CN. The van der Waals surface area contributed by atoms with Crippen LogP contribution in [0.5, 0.6) is 5.75 Å². The van der Waals surface area contributed by atoms with Crippen LogP contribution in [0, 0.1) is 5.92 Å². The molecule has 0 bridgehead atoms. The second kappa shape index (κ2) is 6.90. The minimum atomic E-state index is -0.846. The predicted molar refractivity (Wildman–Crippen MR) is 77.0 cm³/mol. The maximum Gasteiger partial charge on any atom is 0.123 e. The molecule has 102 valence electrons. The van der Waals surface area contributed by atoms with E-state index in [9.17, 15) is 4.21 Å². The molecule has 0 saturated heterocycles. The zero-order chi connectivity index (χ0) is 13.7. The molecule has 0 fully saturated rings. The molecule has 2 N–H and O–H groups in total. The van der Waals surface area contributed by atoms with Gasteiger partial charge in [0.1, 0.15) is 5.75 Å². The lowest BCUT2D eigenvalue weighted by Gasteiger charge is -2.16. The molecule has 1 aromatic carbocycles. The number of benzene rings is 1. The minimum absolute atomic E-state index is 0.202. The third-order valence-corrected chi connectivity index (χ3v) is 5.22. The van der Waals surface area contributed by atoms with Gasteiger partial charge in [0.2, 0.25) is 0 Å². The predicted octanol–water partition coefficient (Wildman–Crippen LogP) is 2.45. The molecule has 0 aliphatic carbocycles. The summed E-state index contributed by atoms with van der Waals surface area (Å²) in [6.07, 6.45) is 0. The summed E-state index contributed by atoms with van der Waals surface area (Å²) in [6.45, 7) is 6.67. The molecule has 0 aromatic heterocycles. The Balaban J connectivity index is 2.82. The lowest BCUT2D eigenvalue weighted by Crippen LogP contribution is -2.19. The molecule has 0 aliphatic rings. The fourth-order valence-electron chi connectivity index (χ4n) is 1.68. The Labute approximate surface area is 112 Å². The second-order valence-corrected chi connectivity index (χ2v) is 6.62. The van der Waals surface area contributed by atoms with Crippen molar-refractivity contribution in [2.45, 2.75) is 38.3 Å². The van der Waals surface area contributed by atoms with E-state index in [1.165, 1.54) is 0 Å². The molecule has 4 heteroatoms. The Hall–Kier alpha value is -0.870. The van der Waals surface area contributed by atoms with Crippen molar-refractivity contribution in [1.29, 1.82) is 0 Å². The zero-order valence-electron chi connectivity index (χ0n) is 11.6. The fraction of sp³-hybridized carbons (Fsp3) is 0.571. The highest BCUT2D eigenvalue weighted by Crippen LogP contribution is 2.21. The average molecular weight is 269 g/mol. The van der Waals surface area contributed by atoms with E-state index >= 15 is 0 Å². The molecule has 0 heterocycles. The van der Waals surface area contributed by atoms with Crippen molar-refractivity contribution in [3.8, 4) is 5.75 Å². The van der Waals surface area contributed by atoms with Gasteiger partial charge in [-0.3, -0.25) is 4.21 Å². The highest BCUT2D eigenvalue weighted by Gasteiger charge is 2.15. The van der Waals surface area contributed by atoms with Crippen molar-refractivity contribution in [2.24, 2.45) is 11.7 Å². The van der Waals surface area contributed by atoms with Gasteiger partial charge in [0.15, 0.2) is 0 Å². The Morgan fingerprint density at radius 1 is 1.33 bits per heavy atom. The van der Waals surface area contributed by atoms with E-state index in [2.05, 4.69) is 13.8 Å². The number of nitrogens with two attached hydrogens (primary N) is 1. The van der Waals surface area contributed by atoms with E-state index in [1.54, 1.807) is 7.11 Å². The summed E-state index contributed by atoms with van der Waals surface area (Å²) in [5.74, 6) is 1.80. The Morgan fingerprint density at radius 3 is 2.50 bits per heavy atom. The van der Waals surface area contributed by atoms with Gasteiger partial charge >= 0.3 is 0 Å². The van der Waals surface area contributed by atoms with Crippen LogP contribution < -0.4 is 10.5 Å². The van der Waals surface area contributed by atoms with Crippen LogP contribution in [-0.2, 0) is 23.1 Å². The molecule has 3 nitrogen and oxygen atoms in total. The van der Waals surface area contributed by atoms with Gasteiger partial charge in [0.25, 0.3) is 0 Å². The smallest absolute Gasteiger partial charge is 0.123 e. The first-order valence-corrected chi connectivity index (χ1v) is 7.60. The number of rotatable bonds is 6. The molecule has 0 amide bonds. The summed E-state index contributed by atoms with van der Waals surface area (Å²) < 4.78 is 17.4. The molecule has 1 rings (SSSR count). The third kappa shape index (κ3) is 3.82. The fourth-order valence-corrected chi connectivity index (χ4v) is 3.06. The van der Waals surface area contributed by atoms with Crippen LogP contribution in [0.2, 0.25) is 0 Å². The number of ether oxygens (including phenoxy) is 1. The summed E-state index contributed by atoms with van der Waals surface area (Å²) in [5, 5.41) is 0.202. The van der Waals surface area contributed by atoms with E-state index in [0.29, 0.717) is 18.2 Å². The van der Waals surface area contributed by atoms with Crippen LogP contribution in [-0.4, -0.2) is 16.6 Å². The van der Waals surface area contributed by atoms with E-state index in [1.807, 2.05) is 25.1 Å². The van der Waals surface area contributed by atoms with Gasteiger partial charge in [-0.2, -0.15) is 0 Å². The van der Waals surface area contributed by atoms with Gasteiger partial charge in [-0.1, -0.05) is 26.8 Å². The molecular weight excluding hydrogens is 246 g/mol. The van der Waals surface area contributed by atoms with Crippen molar-refractivity contribution in [3.63, 3.8) is 0 Å². The van der Waals surface area contributed by atoms with Crippen LogP contribution in [0.15, 0.2) is 18.2 Å². The second-order valence-electron chi connectivity index (χ2n) is 4.82. The van der Waals surface area contributed by atoms with Crippen LogP contribution in [0.3, 0.4) is 0 Å². The summed E-state index contributed by atoms with van der Waals surface area (Å²) in [4.78, 5) is 0. The number of methoxy groups -OCH3 is 1. The van der Waals surface area contributed by atoms with E-state index in [-0.39, 0.29) is 5.25 Å². The largest absolute Gasteiger partial charge is 0.496 e. The highest BCUT2D eigenvalue weighted by atomic mass is 32.2. The van der Waals surface area contributed by atoms with E-state index in [4.69, 9.17) is 10.5 Å². The summed E-state index contributed by atoms with van der Waals surface area (Å²) in [6, 6.07) is 5.85. The molecular formula is C14H23NO2S. The summed E-state index contributed by atoms with van der Waals surface area (Å²) >= 11 is 0. The van der Waals surface area contributed by atoms with Gasteiger partial charge < -0.3 is 10.5 Å². The highest BCUT2D eigenvalue weighted by molar-refractivity contribution is 7.84. The van der Waals surface area contributed by atoms with Crippen LogP contribution in [0.4, 0.5) is 0 Å². The van der Waals surface area contributed by atoms with E-state index in [0.717, 1.165) is 16.9 Å². The summed E-state index contributed by atoms with van der Waals surface area (Å²) in [5.41, 5.74) is 7.70. The number of hydrogen-bond donors (Lipinski definition) is 1. The van der Waals surface area contributed by atoms with Gasteiger partial charge in [-0.15, -0.1) is 0 Å². The van der Waals surface area contributed by atoms with Gasteiger partial charge in [-0.05, 0) is 23.6 Å². The maximum absolute atomic E-state index is 12.2. The van der Waals surface area contributed by atoms with Crippen LogP contribution in [0.1, 0.15) is 31.9 Å². The van der Waals surface area contributed by atoms with E-state index < -0.39 is 10.8 Å². The van der Waals surface area contributed by atoms with Crippen molar-refractivity contribution in [1.82, 2.24) is 0 Å². The van der Waals surface area contributed by atoms with Gasteiger partial charge in [-0.25, -0.2) is 0 Å². The normalized spacial score (nSPS) is 14.6.